The van der Waals surface area contributed by atoms with E-state index in [4.69, 9.17) is 15.2 Å². The Morgan fingerprint density at radius 1 is 0.920 bits per heavy atom. The average Bonchev–Trinajstić information content (AvgIpc) is 2.59. The summed E-state index contributed by atoms with van der Waals surface area (Å²) in [5, 5.41) is 0. The molecule has 0 heterocycles. The van der Waals surface area contributed by atoms with Crippen molar-refractivity contribution in [2.24, 2.45) is 0 Å². The van der Waals surface area contributed by atoms with Crippen LogP contribution in [-0.2, 0) is 0 Å². The molecule has 1 aromatic rings. The summed E-state index contributed by atoms with van der Waals surface area (Å²) in [5.74, 6) is 1.49. The lowest BCUT2D eigenvalue weighted by atomic mass is 10.1. The second-order valence-electron chi connectivity index (χ2n) is 6.32. The van der Waals surface area contributed by atoms with Crippen molar-refractivity contribution >= 4 is 21.6 Å². The van der Waals surface area contributed by atoms with Crippen LogP contribution in [-0.4, -0.2) is 37.7 Å². The molecule has 0 saturated heterocycles. The van der Waals surface area contributed by atoms with Gasteiger partial charge in [-0.15, -0.1) is 0 Å². The molecular weight excluding hydrogens is 380 g/mol. The van der Waals surface area contributed by atoms with Crippen LogP contribution < -0.4 is 15.2 Å². The maximum Gasteiger partial charge on any atom is 0.175 e. The first kappa shape index (κ1) is 22.1. The van der Waals surface area contributed by atoms with E-state index < -0.39 is 0 Å². The monoisotopic (exact) mass is 414 g/mol. The average molecular weight is 415 g/mol. The Balaban J connectivity index is 2.50. The van der Waals surface area contributed by atoms with E-state index in [1.807, 2.05) is 12.1 Å². The number of benzene rings is 1. The second kappa shape index (κ2) is 13.3. The van der Waals surface area contributed by atoms with Crippen LogP contribution in [0, 0.1) is 0 Å². The molecule has 4 nitrogen and oxygen atoms in total. The molecule has 5 heteroatoms. The molecule has 0 unspecified atom stereocenters. The number of rotatable bonds is 14. The number of ether oxygens (including phenoxy) is 2. The van der Waals surface area contributed by atoms with Crippen LogP contribution in [0.3, 0.4) is 0 Å². The highest BCUT2D eigenvalue weighted by molar-refractivity contribution is 9.10. The van der Waals surface area contributed by atoms with Crippen molar-refractivity contribution in [3.63, 3.8) is 0 Å². The van der Waals surface area contributed by atoms with E-state index >= 15 is 0 Å². The number of anilines is 1. The van der Waals surface area contributed by atoms with Gasteiger partial charge < -0.3 is 20.1 Å². The summed E-state index contributed by atoms with van der Waals surface area (Å²) in [7, 11) is 0. The number of unbranched alkanes of at least 4 members (excludes halogenated alkanes) is 5. The van der Waals surface area contributed by atoms with Gasteiger partial charge >= 0.3 is 0 Å². The topological polar surface area (TPSA) is 47.7 Å². The first-order valence-corrected chi connectivity index (χ1v) is 10.5. The molecule has 2 N–H and O–H groups in total. The minimum Gasteiger partial charge on any atom is -0.490 e. The molecule has 0 radical (unpaired) electrons. The van der Waals surface area contributed by atoms with Gasteiger partial charge in [-0.3, -0.25) is 0 Å². The predicted octanol–water partition coefficient (Wildman–Crippen LogP) is 5.49. The van der Waals surface area contributed by atoms with Gasteiger partial charge in [0.1, 0.15) is 6.61 Å². The number of nitrogens with zero attached hydrogens (tertiary/aromatic N) is 1. The molecule has 0 aromatic heterocycles. The number of nitrogens with two attached hydrogens (primary N) is 1. The van der Waals surface area contributed by atoms with Gasteiger partial charge in [-0.1, -0.05) is 52.9 Å². The minimum atomic E-state index is 0.636. The minimum absolute atomic E-state index is 0.636. The normalized spacial score (nSPS) is 11.1. The lowest BCUT2D eigenvalue weighted by Crippen LogP contribution is -2.28. The summed E-state index contributed by atoms with van der Waals surface area (Å²) in [6.45, 7) is 10.9. The molecule has 0 spiro atoms. The van der Waals surface area contributed by atoms with Crippen LogP contribution >= 0.6 is 15.9 Å². The zero-order valence-electron chi connectivity index (χ0n) is 16.2. The summed E-state index contributed by atoms with van der Waals surface area (Å²) in [6, 6.07) is 3.72. The molecule has 0 amide bonds. The van der Waals surface area contributed by atoms with Gasteiger partial charge in [0, 0.05) is 18.3 Å². The Hall–Kier alpha value is -0.940. The van der Waals surface area contributed by atoms with Gasteiger partial charge in [-0.25, -0.2) is 0 Å². The van der Waals surface area contributed by atoms with E-state index in [9.17, 15) is 0 Å². The highest BCUT2D eigenvalue weighted by Gasteiger charge is 2.12. The van der Waals surface area contributed by atoms with Gasteiger partial charge in [0.25, 0.3) is 0 Å². The second-order valence-corrected chi connectivity index (χ2v) is 7.18. The van der Waals surface area contributed by atoms with E-state index in [1.54, 1.807) is 0 Å². The SMILES string of the molecule is CCCCCCCCOc1cc(N)cc(Br)c1OCCN(CC)CC. The van der Waals surface area contributed by atoms with Crippen LogP contribution in [0.4, 0.5) is 5.69 Å². The maximum absolute atomic E-state index is 6.00. The van der Waals surface area contributed by atoms with Crippen LogP contribution in [0.25, 0.3) is 0 Å². The molecule has 0 aliphatic heterocycles. The fraction of sp³-hybridized carbons (Fsp3) is 0.700. The number of hydrogen-bond donors (Lipinski definition) is 1. The summed E-state index contributed by atoms with van der Waals surface area (Å²) < 4.78 is 12.8. The van der Waals surface area contributed by atoms with Gasteiger partial charge in [0.2, 0.25) is 0 Å². The van der Waals surface area contributed by atoms with E-state index in [0.29, 0.717) is 18.9 Å². The van der Waals surface area contributed by atoms with Crippen molar-refractivity contribution in [2.45, 2.75) is 59.3 Å². The molecule has 0 atom stereocenters. The first-order chi connectivity index (χ1) is 12.1. The highest BCUT2D eigenvalue weighted by atomic mass is 79.9. The fourth-order valence-electron chi connectivity index (χ4n) is 2.72. The molecule has 0 aliphatic carbocycles. The summed E-state index contributed by atoms with van der Waals surface area (Å²) in [6.07, 6.45) is 7.48. The zero-order chi connectivity index (χ0) is 18.5. The van der Waals surface area contributed by atoms with Crippen molar-refractivity contribution in [3.8, 4) is 11.5 Å². The van der Waals surface area contributed by atoms with Gasteiger partial charge in [0.05, 0.1) is 11.1 Å². The molecule has 1 aromatic carbocycles. The summed E-state index contributed by atoms with van der Waals surface area (Å²) in [4.78, 5) is 2.34. The number of nitrogen functional groups attached to an aromatic ring is 1. The molecule has 144 valence electrons. The van der Waals surface area contributed by atoms with E-state index in [2.05, 4.69) is 41.6 Å². The fourth-order valence-corrected chi connectivity index (χ4v) is 3.29. The van der Waals surface area contributed by atoms with Crippen LogP contribution in [0.2, 0.25) is 0 Å². The Morgan fingerprint density at radius 3 is 2.28 bits per heavy atom. The number of hydrogen-bond acceptors (Lipinski definition) is 4. The van der Waals surface area contributed by atoms with E-state index in [0.717, 1.165) is 42.0 Å². The maximum atomic E-state index is 6.00. The molecule has 0 aliphatic rings. The third kappa shape index (κ3) is 8.82. The molecular formula is C20H35BrN2O2. The van der Waals surface area contributed by atoms with Crippen molar-refractivity contribution in [3.05, 3.63) is 16.6 Å². The predicted molar refractivity (Wildman–Crippen MR) is 111 cm³/mol. The molecule has 1 rings (SSSR count). The first-order valence-electron chi connectivity index (χ1n) is 9.69. The van der Waals surface area contributed by atoms with Crippen molar-refractivity contribution in [1.82, 2.24) is 4.90 Å². The molecule has 0 saturated carbocycles. The third-order valence-corrected chi connectivity index (χ3v) is 4.92. The third-order valence-electron chi connectivity index (χ3n) is 4.34. The molecule has 0 bridgehead atoms. The van der Waals surface area contributed by atoms with Crippen LogP contribution in [0.5, 0.6) is 11.5 Å². The molecule has 25 heavy (non-hydrogen) atoms. The lowest BCUT2D eigenvalue weighted by Gasteiger charge is -2.20. The standard InChI is InChI=1S/C20H35BrN2O2/c1-4-7-8-9-10-11-13-24-19-16-17(22)15-18(21)20(19)25-14-12-23(5-2)6-3/h15-16H,4-14,22H2,1-3H3. The Morgan fingerprint density at radius 2 is 1.60 bits per heavy atom. The largest absolute Gasteiger partial charge is 0.490 e. The van der Waals surface area contributed by atoms with E-state index in [-0.39, 0.29) is 0 Å². The number of likely N-dealkylation sites (N-methyl/N-ethyl adjacent to an activating group) is 1. The Kier molecular flexibility index (Phi) is 11.7. The smallest absolute Gasteiger partial charge is 0.175 e. The number of halogens is 1. The summed E-state index contributed by atoms with van der Waals surface area (Å²) in [5.41, 5.74) is 6.64. The van der Waals surface area contributed by atoms with E-state index in [1.165, 1.54) is 32.1 Å². The summed E-state index contributed by atoms with van der Waals surface area (Å²) >= 11 is 3.55. The van der Waals surface area contributed by atoms with Gasteiger partial charge in [-0.2, -0.15) is 0 Å². The highest BCUT2D eigenvalue weighted by Crippen LogP contribution is 2.37. The van der Waals surface area contributed by atoms with Gasteiger partial charge in [-0.05, 0) is 41.5 Å². The van der Waals surface area contributed by atoms with Crippen molar-refractivity contribution < 1.29 is 9.47 Å². The van der Waals surface area contributed by atoms with Crippen LogP contribution in [0.1, 0.15) is 59.3 Å². The van der Waals surface area contributed by atoms with Gasteiger partial charge in [0.15, 0.2) is 11.5 Å². The van der Waals surface area contributed by atoms with Crippen LogP contribution in [0.15, 0.2) is 16.6 Å². The van der Waals surface area contributed by atoms with Crippen molar-refractivity contribution in [1.29, 1.82) is 0 Å². The zero-order valence-corrected chi connectivity index (χ0v) is 17.7. The lowest BCUT2D eigenvalue weighted by molar-refractivity contribution is 0.211. The Labute approximate surface area is 162 Å². The van der Waals surface area contributed by atoms with Crippen molar-refractivity contribution in [2.75, 3.05) is 38.6 Å². The molecule has 0 fully saturated rings. The quantitative estimate of drug-likeness (QED) is 0.322. The Bertz CT molecular complexity index is 479.